The van der Waals surface area contributed by atoms with E-state index in [-0.39, 0.29) is 17.4 Å². The number of carbonyl (C=O) groups excluding carboxylic acids is 2. The Balaban J connectivity index is 1.75. The van der Waals surface area contributed by atoms with Gasteiger partial charge in [-0.2, -0.15) is 8.42 Å². The van der Waals surface area contributed by atoms with Crippen molar-refractivity contribution >= 4 is 27.5 Å². The molecule has 0 unspecified atom stereocenters. The molecule has 0 radical (unpaired) electrons. The van der Waals surface area contributed by atoms with Crippen LogP contribution in [0, 0.1) is 5.41 Å². The number of hydrogen-bond donors (Lipinski definition) is 0. The topological polar surface area (TPSA) is 80.8 Å². The first-order valence-corrected chi connectivity index (χ1v) is 9.44. The van der Waals surface area contributed by atoms with E-state index in [2.05, 4.69) is 0 Å². The Morgan fingerprint density at radius 2 is 1.65 bits per heavy atom. The Hall–Kier alpha value is -1.89. The summed E-state index contributed by atoms with van der Waals surface area (Å²) in [5.41, 5.74) is 0.333. The van der Waals surface area contributed by atoms with E-state index in [1.807, 2.05) is 0 Å². The number of nitrogens with zero attached hydrogens (tertiary/aromatic N) is 1. The number of anilines is 1. The molecule has 1 saturated heterocycles. The highest BCUT2D eigenvalue weighted by molar-refractivity contribution is 7.86. The standard InChI is InChI=1S/C16H19NO5S/c1-23(20,21)22-14-4-2-12(3-5-14)17-11-10-16(15(17)19)8-6-13(18)7-9-16/h2-5H,6-11H2,1H3. The van der Waals surface area contributed by atoms with E-state index in [1.54, 1.807) is 29.2 Å². The van der Waals surface area contributed by atoms with Crippen LogP contribution in [0.5, 0.6) is 5.75 Å². The monoisotopic (exact) mass is 337 g/mol. The number of Topliss-reactive ketones (excluding diaryl/α,β-unsaturated/α-hetero) is 1. The van der Waals surface area contributed by atoms with Crippen molar-refractivity contribution in [1.82, 2.24) is 0 Å². The molecule has 2 fully saturated rings. The lowest BCUT2D eigenvalue weighted by Crippen LogP contribution is -2.37. The van der Waals surface area contributed by atoms with Crippen molar-refractivity contribution in [2.24, 2.45) is 5.41 Å². The summed E-state index contributed by atoms with van der Waals surface area (Å²) in [7, 11) is -3.56. The minimum atomic E-state index is -3.56. The van der Waals surface area contributed by atoms with Crippen LogP contribution in [-0.4, -0.2) is 32.9 Å². The molecule has 124 valence electrons. The molecule has 1 heterocycles. The average molecular weight is 337 g/mol. The molecule has 1 aromatic carbocycles. The van der Waals surface area contributed by atoms with E-state index >= 15 is 0 Å². The third-order valence-electron chi connectivity index (χ3n) is 4.67. The maximum Gasteiger partial charge on any atom is 0.306 e. The SMILES string of the molecule is CS(=O)(=O)Oc1ccc(N2CCC3(CCC(=O)CC3)C2=O)cc1. The predicted molar refractivity (Wildman–Crippen MR) is 84.8 cm³/mol. The van der Waals surface area contributed by atoms with Crippen LogP contribution in [0.3, 0.4) is 0 Å². The van der Waals surface area contributed by atoms with Crippen LogP contribution in [0.4, 0.5) is 5.69 Å². The highest BCUT2D eigenvalue weighted by Crippen LogP contribution is 2.45. The molecule has 0 N–H and O–H groups in total. The molecule has 1 saturated carbocycles. The number of amides is 1. The smallest absolute Gasteiger partial charge is 0.306 e. The minimum absolute atomic E-state index is 0.0711. The lowest BCUT2D eigenvalue weighted by Gasteiger charge is -2.30. The molecule has 1 spiro atoms. The Labute approximate surface area is 135 Å². The van der Waals surface area contributed by atoms with Crippen LogP contribution in [0.15, 0.2) is 24.3 Å². The van der Waals surface area contributed by atoms with Gasteiger partial charge >= 0.3 is 10.1 Å². The van der Waals surface area contributed by atoms with Gasteiger partial charge in [0.2, 0.25) is 5.91 Å². The van der Waals surface area contributed by atoms with Gasteiger partial charge in [-0.15, -0.1) is 0 Å². The number of carbonyl (C=O) groups is 2. The van der Waals surface area contributed by atoms with Crippen molar-refractivity contribution in [2.75, 3.05) is 17.7 Å². The lowest BCUT2D eigenvalue weighted by molar-refractivity contribution is -0.130. The number of hydrogen-bond acceptors (Lipinski definition) is 5. The zero-order valence-electron chi connectivity index (χ0n) is 12.9. The van der Waals surface area contributed by atoms with Gasteiger partial charge in [0, 0.05) is 25.1 Å². The predicted octanol–water partition coefficient (Wildman–Crippen LogP) is 1.89. The normalized spacial score (nSPS) is 21.0. The van der Waals surface area contributed by atoms with Crippen molar-refractivity contribution in [3.8, 4) is 5.75 Å². The summed E-state index contributed by atoms with van der Waals surface area (Å²) in [5.74, 6) is 0.534. The van der Waals surface area contributed by atoms with Crippen molar-refractivity contribution in [3.63, 3.8) is 0 Å². The quantitative estimate of drug-likeness (QED) is 0.787. The molecule has 0 bridgehead atoms. The summed E-state index contributed by atoms with van der Waals surface area (Å²) in [4.78, 5) is 25.9. The highest BCUT2D eigenvalue weighted by Gasteiger charge is 2.48. The molecule has 7 heteroatoms. The second-order valence-corrected chi connectivity index (χ2v) is 7.88. The van der Waals surface area contributed by atoms with Gasteiger partial charge in [0.25, 0.3) is 0 Å². The molecular weight excluding hydrogens is 318 g/mol. The molecule has 0 aromatic heterocycles. The van der Waals surface area contributed by atoms with Gasteiger partial charge < -0.3 is 9.08 Å². The summed E-state index contributed by atoms with van der Waals surface area (Å²) in [5, 5.41) is 0. The van der Waals surface area contributed by atoms with Crippen LogP contribution >= 0.6 is 0 Å². The molecule has 6 nitrogen and oxygen atoms in total. The van der Waals surface area contributed by atoms with Crippen LogP contribution in [0.25, 0.3) is 0 Å². The summed E-state index contributed by atoms with van der Waals surface area (Å²) in [6.45, 7) is 0.624. The molecule has 1 aromatic rings. The summed E-state index contributed by atoms with van der Waals surface area (Å²) in [6, 6.07) is 6.45. The fraction of sp³-hybridized carbons (Fsp3) is 0.500. The summed E-state index contributed by atoms with van der Waals surface area (Å²) < 4.78 is 27.0. The summed E-state index contributed by atoms with van der Waals surface area (Å²) in [6.07, 6.45) is 3.99. The highest BCUT2D eigenvalue weighted by atomic mass is 32.2. The molecule has 2 aliphatic rings. The number of rotatable bonds is 3. The Morgan fingerprint density at radius 3 is 2.22 bits per heavy atom. The second-order valence-electron chi connectivity index (χ2n) is 6.31. The van der Waals surface area contributed by atoms with Crippen molar-refractivity contribution in [1.29, 1.82) is 0 Å². The van der Waals surface area contributed by atoms with E-state index in [0.717, 1.165) is 18.4 Å². The third-order valence-corrected chi connectivity index (χ3v) is 5.17. The fourth-order valence-corrected chi connectivity index (χ4v) is 3.86. The minimum Gasteiger partial charge on any atom is -0.383 e. The van der Waals surface area contributed by atoms with Crippen LogP contribution in [0.1, 0.15) is 32.1 Å². The first kappa shape index (κ1) is 16.0. The molecule has 1 amide bonds. The van der Waals surface area contributed by atoms with E-state index in [9.17, 15) is 18.0 Å². The van der Waals surface area contributed by atoms with E-state index in [1.165, 1.54) is 0 Å². The molecular formula is C16H19NO5S. The Morgan fingerprint density at radius 1 is 1.04 bits per heavy atom. The van der Waals surface area contributed by atoms with E-state index < -0.39 is 15.5 Å². The molecule has 23 heavy (non-hydrogen) atoms. The van der Waals surface area contributed by atoms with Gasteiger partial charge in [-0.25, -0.2) is 0 Å². The van der Waals surface area contributed by atoms with Gasteiger partial charge in [-0.05, 0) is 43.5 Å². The zero-order valence-corrected chi connectivity index (χ0v) is 13.8. The van der Waals surface area contributed by atoms with Crippen molar-refractivity contribution in [3.05, 3.63) is 24.3 Å². The van der Waals surface area contributed by atoms with Gasteiger partial charge in [-0.3, -0.25) is 9.59 Å². The maximum atomic E-state index is 12.8. The van der Waals surface area contributed by atoms with E-state index in [4.69, 9.17) is 4.18 Å². The van der Waals surface area contributed by atoms with Crippen molar-refractivity contribution < 1.29 is 22.2 Å². The van der Waals surface area contributed by atoms with Gasteiger partial charge in [0.15, 0.2) is 0 Å². The van der Waals surface area contributed by atoms with Gasteiger partial charge in [-0.1, -0.05) is 0 Å². The Kier molecular flexibility index (Phi) is 3.91. The summed E-state index contributed by atoms with van der Waals surface area (Å²) >= 11 is 0. The van der Waals surface area contributed by atoms with Crippen molar-refractivity contribution in [2.45, 2.75) is 32.1 Å². The molecule has 1 aliphatic carbocycles. The van der Waals surface area contributed by atoms with Crippen LogP contribution in [-0.2, 0) is 19.7 Å². The van der Waals surface area contributed by atoms with Crippen LogP contribution in [0.2, 0.25) is 0 Å². The molecule has 0 atom stereocenters. The molecule has 3 rings (SSSR count). The Bertz CT molecular complexity index is 728. The fourth-order valence-electron chi connectivity index (χ4n) is 3.39. The lowest BCUT2D eigenvalue weighted by atomic mass is 9.72. The second kappa shape index (κ2) is 5.63. The third kappa shape index (κ3) is 3.24. The van der Waals surface area contributed by atoms with Crippen LogP contribution < -0.4 is 9.08 Å². The first-order chi connectivity index (χ1) is 10.8. The van der Waals surface area contributed by atoms with Gasteiger partial charge in [0.1, 0.15) is 11.5 Å². The average Bonchev–Trinajstić information content (AvgIpc) is 2.79. The zero-order chi connectivity index (χ0) is 16.7. The van der Waals surface area contributed by atoms with Gasteiger partial charge in [0.05, 0.1) is 11.7 Å². The largest absolute Gasteiger partial charge is 0.383 e. The first-order valence-electron chi connectivity index (χ1n) is 7.62. The number of benzene rings is 1. The van der Waals surface area contributed by atoms with E-state index in [0.29, 0.717) is 32.2 Å². The maximum absolute atomic E-state index is 12.8. The molecule has 1 aliphatic heterocycles. The number of ketones is 1.